The zero-order valence-corrected chi connectivity index (χ0v) is 10.7. The van der Waals surface area contributed by atoms with Crippen molar-refractivity contribution < 1.29 is 5.21 Å². The van der Waals surface area contributed by atoms with Gasteiger partial charge in [0, 0.05) is 0 Å². The fourth-order valence-electron chi connectivity index (χ4n) is 2.70. The zero-order chi connectivity index (χ0) is 13.1. The fourth-order valence-corrected chi connectivity index (χ4v) is 2.70. The molecule has 2 aromatic rings. The van der Waals surface area contributed by atoms with Crippen LogP contribution in [0.5, 0.6) is 0 Å². The highest BCUT2D eigenvalue weighted by Gasteiger charge is 2.20. The monoisotopic (exact) mass is 255 g/mol. The number of hydrogen-bond acceptors (Lipinski definition) is 3. The maximum Gasteiger partial charge on any atom is 0.0964 e. The largest absolute Gasteiger partial charge is 0.411 e. The zero-order valence-electron chi connectivity index (χ0n) is 10.7. The first-order valence-electron chi connectivity index (χ1n) is 6.67. The number of rotatable bonds is 1. The van der Waals surface area contributed by atoms with Crippen LogP contribution in [0.2, 0.25) is 0 Å². The molecule has 1 aromatic carbocycles. The molecular weight excluding hydrogens is 238 g/mol. The number of para-hydroxylation sites is 2. The molecule has 0 aliphatic heterocycles. The summed E-state index contributed by atoms with van der Waals surface area (Å²) >= 11 is 0. The van der Waals surface area contributed by atoms with E-state index >= 15 is 0 Å². The summed E-state index contributed by atoms with van der Waals surface area (Å²) in [7, 11) is 0. The molecular formula is C15H17N3O. The minimum absolute atomic E-state index is 0.0994. The van der Waals surface area contributed by atoms with E-state index in [2.05, 4.69) is 32.9 Å². The molecule has 98 valence electrons. The number of nitrogens with zero attached hydrogens (tertiary/aromatic N) is 3. The topological polar surface area (TPSA) is 50.4 Å². The van der Waals surface area contributed by atoms with Gasteiger partial charge in [0.05, 0.1) is 29.1 Å². The minimum Gasteiger partial charge on any atom is -0.411 e. The number of imidazole rings is 1. The van der Waals surface area contributed by atoms with Crippen LogP contribution in [0.15, 0.2) is 47.9 Å². The molecule has 0 unspecified atom stereocenters. The van der Waals surface area contributed by atoms with Gasteiger partial charge >= 0.3 is 0 Å². The van der Waals surface area contributed by atoms with Crippen LogP contribution in [0.1, 0.15) is 31.7 Å². The normalized spacial score (nSPS) is 22.5. The van der Waals surface area contributed by atoms with Crippen molar-refractivity contribution in [3.05, 3.63) is 42.7 Å². The highest BCUT2D eigenvalue weighted by atomic mass is 16.4. The Balaban J connectivity index is 2.04. The molecule has 1 aliphatic rings. The molecule has 4 heteroatoms. The number of hydrogen-bond donors (Lipinski definition) is 1. The van der Waals surface area contributed by atoms with E-state index in [9.17, 15) is 5.21 Å². The second kappa shape index (κ2) is 5.26. The first-order chi connectivity index (χ1) is 9.40. The molecule has 1 N–H and O–H groups in total. The molecule has 1 atom stereocenters. The van der Waals surface area contributed by atoms with Crippen molar-refractivity contribution >= 4 is 16.7 Å². The van der Waals surface area contributed by atoms with E-state index in [0.717, 1.165) is 42.4 Å². The molecule has 1 aromatic heterocycles. The van der Waals surface area contributed by atoms with Crippen molar-refractivity contribution in [3.63, 3.8) is 0 Å². The number of benzene rings is 1. The predicted octanol–water partition coefficient (Wildman–Crippen LogP) is 3.54. The number of allylic oxidation sites excluding steroid dienone is 2. The lowest BCUT2D eigenvalue weighted by Crippen LogP contribution is -2.20. The Bertz CT molecular complexity index is 627. The summed E-state index contributed by atoms with van der Waals surface area (Å²) in [5.74, 6) is 0. The first-order valence-corrected chi connectivity index (χ1v) is 6.67. The molecule has 1 heterocycles. The lowest BCUT2D eigenvalue weighted by Gasteiger charge is -2.21. The van der Waals surface area contributed by atoms with Gasteiger partial charge in [-0.2, -0.15) is 0 Å². The highest BCUT2D eigenvalue weighted by molar-refractivity contribution is 5.89. The SMILES string of the molecule is O/N=C1\CCC=CCC[C@@H]1n1cnc2ccccc21. The maximum atomic E-state index is 9.28. The Labute approximate surface area is 112 Å². The third-order valence-corrected chi connectivity index (χ3v) is 3.67. The van der Waals surface area contributed by atoms with Gasteiger partial charge in [0.15, 0.2) is 0 Å². The molecule has 0 saturated heterocycles. The van der Waals surface area contributed by atoms with E-state index in [1.54, 1.807) is 0 Å². The molecule has 0 radical (unpaired) electrons. The van der Waals surface area contributed by atoms with Gasteiger partial charge in [-0.15, -0.1) is 0 Å². The van der Waals surface area contributed by atoms with Crippen LogP contribution in [0, 0.1) is 0 Å². The summed E-state index contributed by atoms with van der Waals surface area (Å²) in [6.45, 7) is 0. The van der Waals surface area contributed by atoms with Crippen LogP contribution in [0.4, 0.5) is 0 Å². The Morgan fingerprint density at radius 2 is 2.05 bits per heavy atom. The Morgan fingerprint density at radius 3 is 2.95 bits per heavy atom. The summed E-state index contributed by atoms with van der Waals surface area (Å²) in [4.78, 5) is 4.42. The molecule has 1 aliphatic carbocycles. The van der Waals surface area contributed by atoms with Crippen LogP contribution >= 0.6 is 0 Å². The third kappa shape index (κ3) is 2.26. The van der Waals surface area contributed by atoms with E-state index in [1.165, 1.54) is 0 Å². The van der Waals surface area contributed by atoms with Crippen LogP contribution in [-0.2, 0) is 0 Å². The van der Waals surface area contributed by atoms with Crippen LogP contribution in [0.3, 0.4) is 0 Å². The van der Waals surface area contributed by atoms with Crippen molar-refractivity contribution in [1.82, 2.24) is 9.55 Å². The number of oxime groups is 1. The molecule has 0 saturated carbocycles. The average Bonchev–Trinajstić information content (AvgIpc) is 2.83. The average molecular weight is 255 g/mol. The first kappa shape index (κ1) is 12.0. The number of aromatic nitrogens is 2. The quantitative estimate of drug-likeness (QED) is 0.481. The van der Waals surface area contributed by atoms with E-state index < -0.39 is 0 Å². The predicted molar refractivity (Wildman–Crippen MR) is 75.6 cm³/mol. The highest BCUT2D eigenvalue weighted by Crippen LogP contribution is 2.26. The van der Waals surface area contributed by atoms with Gasteiger partial charge in [0.25, 0.3) is 0 Å². The summed E-state index contributed by atoms with van der Waals surface area (Å²) in [5, 5.41) is 12.8. The van der Waals surface area contributed by atoms with E-state index in [0.29, 0.717) is 0 Å². The minimum atomic E-state index is 0.0994. The van der Waals surface area contributed by atoms with E-state index in [1.807, 2.05) is 24.5 Å². The summed E-state index contributed by atoms with van der Waals surface area (Å²) in [5.41, 5.74) is 2.92. The molecule has 0 fully saturated rings. The second-order valence-electron chi connectivity index (χ2n) is 4.84. The Kier molecular flexibility index (Phi) is 3.31. The Hall–Kier alpha value is -2.10. The van der Waals surface area contributed by atoms with Crippen molar-refractivity contribution in [2.24, 2.45) is 5.16 Å². The maximum absolute atomic E-state index is 9.28. The van der Waals surface area contributed by atoms with Gasteiger partial charge in [0.2, 0.25) is 0 Å². The van der Waals surface area contributed by atoms with Gasteiger partial charge in [0.1, 0.15) is 0 Å². The number of fused-ring (bicyclic) bond motifs is 1. The molecule has 19 heavy (non-hydrogen) atoms. The smallest absolute Gasteiger partial charge is 0.0964 e. The van der Waals surface area contributed by atoms with Crippen molar-refractivity contribution in [2.45, 2.75) is 31.7 Å². The van der Waals surface area contributed by atoms with Crippen LogP contribution < -0.4 is 0 Å². The molecule has 0 amide bonds. The van der Waals surface area contributed by atoms with E-state index in [-0.39, 0.29) is 6.04 Å². The lowest BCUT2D eigenvalue weighted by atomic mass is 9.98. The summed E-state index contributed by atoms with van der Waals surface area (Å²) < 4.78 is 2.13. The lowest BCUT2D eigenvalue weighted by molar-refractivity contribution is 0.312. The van der Waals surface area contributed by atoms with Gasteiger partial charge in [-0.05, 0) is 37.8 Å². The van der Waals surface area contributed by atoms with Crippen LogP contribution in [-0.4, -0.2) is 20.5 Å². The fraction of sp³-hybridized carbons (Fsp3) is 0.333. The third-order valence-electron chi connectivity index (χ3n) is 3.67. The molecule has 0 bridgehead atoms. The second-order valence-corrected chi connectivity index (χ2v) is 4.84. The molecule has 4 nitrogen and oxygen atoms in total. The van der Waals surface area contributed by atoms with Crippen molar-refractivity contribution in [2.75, 3.05) is 0 Å². The van der Waals surface area contributed by atoms with Crippen molar-refractivity contribution in [3.8, 4) is 0 Å². The van der Waals surface area contributed by atoms with Gasteiger partial charge in [-0.1, -0.05) is 29.4 Å². The molecule has 3 rings (SSSR count). The molecule has 0 spiro atoms. The van der Waals surface area contributed by atoms with Gasteiger partial charge in [-0.3, -0.25) is 0 Å². The standard InChI is InChI=1S/C15H17N3O/c19-17-13-8-3-1-2-4-9-15(13)18-11-16-12-7-5-6-10-14(12)18/h1-2,5-7,10-11,15,19H,3-4,8-9H2/b2-1?,17-13+/t15-/m0/s1. The summed E-state index contributed by atoms with van der Waals surface area (Å²) in [6, 6.07) is 8.17. The van der Waals surface area contributed by atoms with Crippen molar-refractivity contribution in [1.29, 1.82) is 0 Å². The Morgan fingerprint density at radius 1 is 1.21 bits per heavy atom. The summed E-state index contributed by atoms with van der Waals surface area (Å²) in [6.07, 6.45) is 9.89. The van der Waals surface area contributed by atoms with Gasteiger partial charge < -0.3 is 9.77 Å². The van der Waals surface area contributed by atoms with Gasteiger partial charge in [-0.25, -0.2) is 4.98 Å². The van der Waals surface area contributed by atoms with Crippen LogP contribution in [0.25, 0.3) is 11.0 Å². The van der Waals surface area contributed by atoms with E-state index in [4.69, 9.17) is 0 Å².